The van der Waals surface area contributed by atoms with Crippen molar-refractivity contribution in [3.8, 4) is 67.8 Å². The van der Waals surface area contributed by atoms with Gasteiger partial charge in [-0.3, -0.25) is 40.0 Å². The van der Waals surface area contributed by atoms with Crippen molar-refractivity contribution in [2.24, 2.45) is 0 Å². The minimum atomic E-state index is -0.358. The van der Waals surface area contributed by atoms with Crippen LogP contribution in [-0.4, -0.2) is 109 Å². The van der Waals surface area contributed by atoms with E-state index in [2.05, 4.69) is 50.0 Å². The molecule has 2 aromatic carbocycles. The highest BCUT2D eigenvalue weighted by atomic mass is 19.1. The topological polar surface area (TPSA) is 188 Å². The number of aromatic nitrogens is 14. The van der Waals surface area contributed by atoms with Crippen molar-refractivity contribution in [3.05, 3.63) is 157 Å². The molecule has 0 aliphatic rings. The smallest absolute Gasteiger partial charge is 0.159 e. The first-order chi connectivity index (χ1) is 37.1. The zero-order valence-corrected chi connectivity index (χ0v) is 42.9. The molecule has 3 N–H and O–H groups in total. The third-order valence-corrected chi connectivity index (χ3v) is 13.3. The first-order valence-corrected chi connectivity index (χ1v) is 25.3. The quantitative estimate of drug-likeness (QED) is 0.0883. The number of aromatic amines is 3. The second-order valence-corrected chi connectivity index (χ2v) is 18.9. The van der Waals surface area contributed by atoms with E-state index in [0.29, 0.717) is 86.7 Å². The van der Waals surface area contributed by atoms with E-state index in [1.165, 1.54) is 12.1 Å². The highest BCUT2D eigenvalue weighted by Crippen LogP contribution is 2.36. The van der Waals surface area contributed by atoms with Crippen LogP contribution in [0, 0.1) is 18.6 Å². The normalized spacial score (nSPS) is 11.6. The van der Waals surface area contributed by atoms with E-state index >= 15 is 8.78 Å². The summed E-state index contributed by atoms with van der Waals surface area (Å²) in [6, 6.07) is 20.1. The number of imidazole rings is 2. The third kappa shape index (κ3) is 9.84. The van der Waals surface area contributed by atoms with Gasteiger partial charge in [0.2, 0.25) is 0 Å². The Hall–Kier alpha value is -9.16. The highest BCUT2D eigenvalue weighted by molar-refractivity contribution is 5.99. The summed E-state index contributed by atoms with van der Waals surface area (Å²) in [5.41, 5.74) is 14.3. The number of hydrogen-bond acceptors (Lipinski definition) is 12. The summed E-state index contributed by atoms with van der Waals surface area (Å²) in [6.45, 7) is 7.46. The van der Waals surface area contributed by atoms with Crippen LogP contribution in [0.4, 0.5) is 8.78 Å². The van der Waals surface area contributed by atoms with Gasteiger partial charge in [-0.25, -0.2) is 18.7 Å². The molecule has 0 bridgehead atoms. The molecule has 16 nitrogen and oxygen atoms in total. The molecule has 0 fully saturated rings. The molecule has 12 rings (SSSR count). The molecule has 0 spiro atoms. The van der Waals surface area contributed by atoms with Gasteiger partial charge in [-0.15, -0.1) is 5.10 Å². The molecule has 0 unspecified atom stereocenters. The van der Waals surface area contributed by atoms with Gasteiger partial charge in [0, 0.05) is 83.8 Å². The number of fused-ring (bicyclic) bond motifs is 4. The lowest BCUT2D eigenvalue weighted by Gasteiger charge is -2.20. The van der Waals surface area contributed by atoms with Crippen molar-refractivity contribution < 1.29 is 8.78 Å². The molecule has 76 heavy (non-hydrogen) atoms. The van der Waals surface area contributed by atoms with Gasteiger partial charge in [-0.1, -0.05) is 26.0 Å². The fraction of sp³-hybridized carbons (Fsp3) is 0.207. The molecule has 0 radical (unpaired) electrons. The summed E-state index contributed by atoms with van der Waals surface area (Å²) < 4.78 is 30.8. The summed E-state index contributed by atoms with van der Waals surface area (Å²) in [5.74, 6) is 0.411. The number of H-pyrrole nitrogens is 3. The van der Waals surface area contributed by atoms with E-state index in [9.17, 15) is 0 Å². The fourth-order valence-corrected chi connectivity index (χ4v) is 9.68. The molecule has 12 aromatic rings. The SMILES string of the molecule is CC.Cc1cncc(-c2cc3c(-c4nc5c(-c6cc(F)cc(CCCN(C)C)c6)cncc5[nH]4)nn(N(C)CCCc4cc(F)cc(-c5cncc6[nH]c(-c7n[nH]c8cnc(-c9ccncc9)cc78)nc56)c4)c3cn2)c1. The van der Waals surface area contributed by atoms with Crippen molar-refractivity contribution in [1.82, 2.24) is 74.8 Å². The van der Waals surface area contributed by atoms with Gasteiger partial charge in [0.25, 0.3) is 0 Å². The lowest BCUT2D eigenvalue weighted by atomic mass is 10.0. The lowest BCUT2D eigenvalue weighted by Crippen LogP contribution is -2.32. The van der Waals surface area contributed by atoms with E-state index in [1.807, 2.05) is 107 Å². The number of nitrogens with zero attached hydrogens (tertiary/aromatic N) is 13. The van der Waals surface area contributed by atoms with Gasteiger partial charge < -0.3 is 14.9 Å². The second kappa shape index (κ2) is 21.0. The molecule has 380 valence electrons. The number of hydrogen-bond donors (Lipinski definition) is 3. The summed E-state index contributed by atoms with van der Waals surface area (Å²) in [6.07, 6.45) is 20.4. The Bertz CT molecular complexity index is 4050. The van der Waals surface area contributed by atoms with E-state index in [1.54, 1.807) is 61.7 Å². The molecule has 10 aromatic heterocycles. The van der Waals surface area contributed by atoms with Gasteiger partial charge in [0.15, 0.2) is 11.6 Å². The molecule has 0 amide bonds. The Labute approximate surface area is 436 Å². The molecule has 0 aliphatic carbocycles. The Morgan fingerprint density at radius 2 is 1.14 bits per heavy atom. The average Bonchev–Trinajstić information content (AvgIpc) is 4.26. The number of pyridine rings is 6. The highest BCUT2D eigenvalue weighted by Gasteiger charge is 2.22. The Morgan fingerprint density at radius 3 is 1.79 bits per heavy atom. The van der Waals surface area contributed by atoms with Gasteiger partial charge in [0.1, 0.15) is 28.5 Å². The van der Waals surface area contributed by atoms with Gasteiger partial charge in [-0.2, -0.15) is 9.89 Å². The van der Waals surface area contributed by atoms with E-state index in [-0.39, 0.29) is 11.6 Å². The summed E-state index contributed by atoms with van der Waals surface area (Å²) in [5, 5.41) is 16.5. The van der Waals surface area contributed by atoms with Crippen molar-refractivity contribution in [3.63, 3.8) is 0 Å². The van der Waals surface area contributed by atoms with Crippen LogP contribution in [0.3, 0.4) is 0 Å². The molecular weight excluding hydrogens is 959 g/mol. The number of halogens is 2. The fourth-order valence-electron chi connectivity index (χ4n) is 9.68. The van der Waals surface area contributed by atoms with Crippen LogP contribution in [0.1, 0.15) is 43.4 Å². The van der Waals surface area contributed by atoms with Gasteiger partial charge >= 0.3 is 0 Å². The summed E-state index contributed by atoms with van der Waals surface area (Å²) in [7, 11) is 6.03. The number of nitrogens with one attached hydrogen (secondary N) is 3. The van der Waals surface area contributed by atoms with Crippen molar-refractivity contribution >= 4 is 43.9 Å². The van der Waals surface area contributed by atoms with E-state index < -0.39 is 0 Å². The first-order valence-electron chi connectivity index (χ1n) is 25.3. The summed E-state index contributed by atoms with van der Waals surface area (Å²) in [4.78, 5) is 48.1. The van der Waals surface area contributed by atoms with Crippen LogP contribution >= 0.6 is 0 Å². The Morgan fingerprint density at radius 1 is 0.553 bits per heavy atom. The number of benzene rings is 2. The predicted molar refractivity (Wildman–Crippen MR) is 295 cm³/mol. The number of aryl methyl sites for hydroxylation is 3. The maximum atomic E-state index is 15.6. The van der Waals surface area contributed by atoms with Crippen molar-refractivity contribution in [1.29, 1.82) is 0 Å². The second-order valence-electron chi connectivity index (χ2n) is 18.9. The zero-order chi connectivity index (χ0) is 52.5. The van der Waals surface area contributed by atoms with E-state index in [4.69, 9.17) is 20.1 Å². The maximum absolute atomic E-state index is 15.6. The van der Waals surface area contributed by atoms with Crippen LogP contribution in [0.25, 0.3) is 112 Å². The molecule has 0 saturated heterocycles. The maximum Gasteiger partial charge on any atom is 0.159 e. The lowest BCUT2D eigenvalue weighted by molar-refractivity contribution is 0.400. The van der Waals surface area contributed by atoms with Crippen molar-refractivity contribution in [2.75, 3.05) is 39.2 Å². The summed E-state index contributed by atoms with van der Waals surface area (Å²) >= 11 is 0. The Kier molecular flexibility index (Phi) is 13.6. The average molecular weight is 1010 g/mol. The van der Waals surface area contributed by atoms with Crippen LogP contribution in [0.15, 0.2) is 129 Å². The van der Waals surface area contributed by atoms with Crippen LogP contribution in [0.2, 0.25) is 0 Å². The van der Waals surface area contributed by atoms with Crippen LogP contribution in [0.5, 0.6) is 0 Å². The first kappa shape index (κ1) is 49.1. The third-order valence-electron chi connectivity index (χ3n) is 13.3. The molecule has 0 saturated carbocycles. The molecule has 0 atom stereocenters. The molecule has 10 heterocycles. The molecule has 18 heteroatoms. The molecule has 0 aliphatic heterocycles. The zero-order valence-electron chi connectivity index (χ0n) is 42.9. The number of rotatable bonds is 15. The minimum absolute atomic E-state index is 0.306. The molecular formula is C58H54F2N16. The Balaban J connectivity index is 0.00000305. The standard InChI is InChI=1S/C56H48F2N16.C2H6/c1-32-15-38(25-60-24-32)46-23-42-50(31-64-46)74(71-54(42)56-66-49-29-62-27-44(52(49)68-56)36-16-33(18-39(57)20-36)7-5-13-72(2)3)73(4)14-6-8-34-17-37(21-40(58)19-34)43-26-61-28-48-51(43)67-55(65-48)53-41-22-45(35-9-11-59-12-10-35)63-30-47(41)69-70-53;1-2/h9-12,15-31H,5-8,13-14H2,1-4H3,(H,65,67)(H,66,68)(H,69,70);1-2H3. The van der Waals surface area contributed by atoms with Gasteiger partial charge in [0.05, 0.1) is 63.8 Å². The van der Waals surface area contributed by atoms with Crippen molar-refractivity contribution in [2.45, 2.75) is 46.5 Å². The predicted octanol–water partition coefficient (Wildman–Crippen LogP) is 11.3. The monoisotopic (exact) mass is 1010 g/mol. The van der Waals surface area contributed by atoms with Crippen LogP contribution < -0.4 is 5.01 Å². The van der Waals surface area contributed by atoms with Crippen LogP contribution in [-0.2, 0) is 12.8 Å². The minimum Gasteiger partial charge on any atom is -0.335 e. The largest absolute Gasteiger partial charge is 0.335 e. The van der Waals surface area contributed by atoms with Gasteiger partial charge in [-0.05, 0) is 136 Å². The van der Waals surface area contributed by atoms with E-state index in [0.717, 1.165) is 80.4 Å².